The number of para-hydroxylation sites is 4. The van der Waals surface area contributed by atoms with E-state index >= 15 is 0 Å². The number of nitrogens with zero attached hydrogens (tertiary/aromatic N) is 4. The van der Waals surface area contributed by atoms with E-state index in [4.69, 9.17) is 19.7 Å². The third-order valence-electron chi connectivity index (χ3n) is 14.5. The number of thiophene rings is 1. The van der Waals surface area contributed by atoms with Gasteiger partial charge in [0.15, 0.2) is 17.5 Å². The molecule has 0 atom stereocenters. The van der Waals surface area contributed by atoms with E-state index < -0.39 is 5.41 Å². The Hall–Kier alpha value is -8.97. The first-order valence-electron chi connectivity index (χ1n) is 23.7. The zero-order chi connectivity index (χ0) is 45.9. The summed E-state index contributed by atoms with van der Waals surface area (Å²) in [6.45, 7) is 0. The van der Waals surface area contributed by atoms with Gasteiger partial charge in [-0.15, -0.1) is 11.3 Å². The molecule has 326 valence electrons. The van der Waals surface area contributed by atoms with Crippen molar-refractivity contribution in [2.75, 3.05) is 0 Å². The summed E-state index contributed by atoms with van der Waals surface area (Å²) in [4.78, 5) is 15.5. The summed E-state index contributed by atoms with van der Waals surface area (Å²) in [6, 6.07) is 82.6. The van der Waals surface area contributed by atoms with Gasteiger partial charge in [-0.05, 0) is 88.0 Å². The quantitative estimate of drug-likeness (QED) is 0.173. The minimum absolute atomic E-state index is 0.618. The number of fused-ring (bicyclic) bond motifs is 16. The molecule has 5 nitrogen and oxygen atoms in total. The Balaban J connectivity index is 1.03. The van der Waals surface area contributed by atoms with Crippen molar-refractivity contribution in [2.24, 2.45) is 0 Å². The third kappa shape index (κ3) is 5.56. The predicted molar refractivity (Wildman–Crippen MR) is 286 cm³/mol. The molecule has 13 aromatic rings. The molecule has 6 heteroatoms. The smallest absolute Gasteiger partial charge is 0.164 e. The van der Waals surface area contributed by atoms with Crippen LogP contribution in [0.1, 0.15) is 22.3 Å². The number of ether oxygens (including phenoxy) is 1. The van der Waals surface area contributed by atoms with Crippen LogP contribution in [0.5, 0.6) is 11.5 Å². The van der Waals surface area contributed by atoms with Crippen LogP contribution in [0.15, 0.2) is 231 Å². The molecule has 4 heterocycles. The summed E-state index contributed by atoms with van der Waals surface area (Å²) >= 11 is 1.87. The molecule has 0 radical (unpaired) electrons. The van der Waals surface area contributed by atoms with Crippen molar-refractivity contribution in [1.29, 1.82) is 0 Å². The second-order valence-corrected chi connectivity index (χ2v) is 19.3. The largest absolute Gasteiger partial charge is 0.457 e. The van der Waals surface area contributed by atoms with Crippen LogP contribution >= 0.6 is 11.3 Å². The number of hydrogen-bond acceptors (Lipinski definition) is 5. The van der Waals surface area contributed by atoms with Crippen molar-refractivity contribution in [3.8, 4) is 73.6 Å². The lowest BCUT2D eigenvalue weighted by Gasteiger charge is -2.39. The SMILES string of the molecule is c1ccc(-c2nc(-c3ccccc3)nc(-c3ccc4c(c3)-c3cc(-c5cc6sc7ccccc7c6c6c5c5ccccc5n6-c5ccccc5)ccc3C43c4ccccc4Oc4ccccc43)n2)cc1. The Bertz CT molecular complexity index is 4170. The third-order valence-corrected chi connectivity index (χ3v) is 15.6. The number of benzene rings is 10. The molecule has 0 saturated carbocycles. The molecule has 0 unspecified atom stereocenters. The lowest BCUT2D eigenvalue weighted by Crippen LogP contribution is -2.32. The van der Waals surface area contributed by atoms with E-state index in [2.05, 4.69) is 199 Å². The molecular formula is C64H38N4OS. The van der Waals surface area contributed by atoms with Gasteiger partial charge in [0.2, 0.25) is 0 Å². The van der Waals surface area contributed by atoms with Gasteiger partial charge in [-0.3, -0.25) is 0 Å². The summed E-state index contributed by atoms with van der Waals surface area (Å²) in [7, 11) is 0. The molecule has 0 saturated heterocycles. The maximum Gasteiger partial charge on any atom is 0.164 e. The summed E-state index contributed by atoms with van der Waals surface area (Å²) < 4.78 is 11.8. The zero-order valence-electron chi connectivity index (χ0n) is 37.5. The van der Waals surface area contributed by atoms with Crippen LogP contribution in [0.3, 0.4) is 0 Å². The van der Waals surface area contributed by atoms with Crippen molar-refractivity contribution in [3.05, 3.63) is 253 Å². The highest BCUT2D eigenvalue weighted by Gasteiger charge is 2.51. The molecule has 0 amide bonds. The minimum Gasteiger partial charge on any atom is -0.457 e. The first-order chi connectivity index (χ1) is 34.7. The van der Waals surface area contributed by atoms with Gasteiger partial charge in [-0.25, -0.2) is 15.0 Å². The monoisotopic (exact) mass is 910 g/mol. The fourth-order valence-corrected chi connectivity index (χ4v) is 12.7. The van der Waals surface area contributed by atoms with Crippen molar-refractivity contribution in [3.63, 3.8) is 0 Å². The molecule has 70 heavy (non-hydrogen) atoms. The van der Waals surface area contributed by atoms with Crippen LogP contribution in [0, 0.1) is 0 Å². The molecule has 1 spiro atoms. The average Bonchev–Trinajstić information content (AvgIpc) is 4.08. The van der Waals surface area contributed by atoms with Crippen LogP contribution in [0.2, 0.25) is 0 Å². The Labute approximate surface area is 407 Å². The van der Waals surface area contributed by atoms with E-state index in [1.54, 1.807) is 0 Å². The molecule has 2 aliphatic rings. The van der Waals surface area contributed by atoms with Crippen molar-refractivity contribution in [2.45, 2.75) is 5.41 Å². The number of rotatable bonds is 5. The standard InChI is InChI=1S/C64H38N4OS/c1-4-18-39(19-5-1)61-65-62(40-20-6-2-7-21-40)67-63(66-61)42-33-35-50-48(37-42)47-36-41(32-34-49(47)64(50)51-26-12-15-29-54(51)69-55-30-16-13-27-52(55)64)46-38-57-59(45-25-11-17-31-56(45)70-57)60-58(46)44-24-10-14-28-53(44)68(60)43-22-8-3-9-23-43/h1-38H. The van der Waals surface area contributed by atoms with Crippen molar-refractivity contribution >= 4 is 53.3 Å². The van der Waals surface area contributed by atoms with Gasteiger partial charge in [-0.2, -0.15) is 0 Å². The topological polar surface area (TPSA) is 52.8 Å². The zero-order valence-corrected chi connectivity index (χ0v) is 38.4. The lowest BCUT2D eigenvalue weighted by atomic mass is 9.66. The van der Waals surface area contributed by atoms with Gasteiger partial charge in [0.25, 0.3) is 0 Å². The number of hydrogen-bond donors (Lipinski definition) is 0. The first kappa shape index (κ1) is 39.1. The number of aromatic nitrogens is 4. The van der Waals surface area contributed by atoms with E-state index in [0.29, 0.717) is 17.5 Å². The summed E-state index contributed by atoms with van der Waals surface area (Å²) in [5, 5.41) is 5.02. The summed E-state index contributed by atoms with van der Waals surface area (Å²) in [6.07, 6.45) is 0. The predicted octanol–water partition coefficient (Wildman–Crippen LogP) is 16.5. The van der Waals surface area contributed by atoms with Crippen LogP contribution in [0.25, 0.3) is 104 Å². The van der Waals surface area contributed by atoms with Crippen LogP contribution in [-0.4, -0.2) is 19.5 Å². The van der Waals surface area contributed by atoms with E-state index in [0.717, 1.165) is 61.7 Å². The highest BCUT2D eigenvalue weighted by atomic mass is 32.1. The second-order valence-electron chi connectivity index (χ2n) is 18.2. The molecule has 0 bridgehead atoms. The molecule has 1 aliphatic heterocycles. The Morgan fingerprint density at radius 3 is 1.54 bits per heavy atom. The van der Waals surface area contributed by atoms with Crippen LogP contribution < -0.4 is 4.74 Å². The molecule has 1 aliphatic carbocycles. The average molecular weight is 911 g/mol. The van der Waals surface area contributed by atoms with Crippen molar-refractivity contribution < 1.29 is 4.74 Å². The van der Waals surface area contributed by atoms with Gasteiger partial charge >= 0.3 is 0 Å². The highest BCUT2D eigenvalue weighted by molar-refractivity contribution is 7.26. The second kappa shape index (κ2) is 15.0. The molecule has 10 aromatic carbocycles. The minimum atomic E-state index is -0.662. The fraction of sp³-hybridized carbons (Fsp3) is 0.0156. The fourth-order valence-electron chi connectivity index (χ4n) is 11.6. The maximum atomic E-state index is 6.76. The Kier molecular flexibility index (Phi) is 8.38. The van der Waals surface area contributed by atoms with E-state index in [1.165, 1.54) is 58.7 Å². The normalized spacial score (nSPS) is 13.1. The lowest BCUT2D eigenvalue weighted by molar-refractivity contribution is 0.436. The maximum absolute atomic E-state index is 6.76. The molecular weight excluding hydrogens is 873 g/mol. The summed E-state index contributed by atoms with van der Waals surface area (Å²) in [5.74, 6) is 3.60. The van der Waals surface area contributed by atoms with E-state index in [9.17, 15) is 0 Å². The van der Waals surface area contributed by atoms with E-state index in [-0.39, 0.29) is 0 Å². The first-order valence-corrected chi connectivity index (χ1v) is 24.5. The van der Waals surface area contributed by atoms with Gasteiger partial charge in [0.1, 0.15) is 11.5 Å². The van der Waals surface area contributed by atoms with Crippen molar-refractivity contribution in [1.82, 2.24) is 19.5 Å². The Morgan fingerprint density at radius 1 is 0.371 bits per heavy atom. The van der Waals surface area contributed by atoms with Gasteiger partial charge < -0.3 is 9.30 Å². The molecule has 15 rings (SSSR count). The molecule has 0 N–H and O–H groups in total. The molecule has 3 aromatic heterocycles. The Morgan fingerprint density at radius 2 is 0.886 bits per heavy atom. The molecule has 0 fully saturated rings. The highest BCUT2D eigenvalue weighted by Crippen LogP contribution is 2.63. The van der Waals surface area contributed by atoms with Gasteiger partial charge in [0, 0.05) is 64.4 Å². The van der Waals surface area contributed by atoms with Crippen LogP contribution in [-0.2, 0) is 5.41 Å². The van der Waals surface area contributed by atoms with E-state index in [1.807, 2.05) is 47.7 Å². The summed E-state index contributed by atoms with van der Waals surface area (Å²) in [5.41, 5.74) is 15.0. The van der Waals surface area contributed by atoms with Crippen LogP contribution in [0.4, 0.5) is 0 Å². The van der Waals surface area contributed by atoms with Gasteiger partial charge in [0.05, 0.1) is 16.4 Å². The van der Waals surface area contributed by atoms with Gasteiger partial charge in [-0.1, -0.05) is 176 Å².